The number of hydrogen-bond donors (Lipinski definition) is 0. The average Bonchev–Trinajstić information content (AvgIpc) is 3.01. The summed E-state index contributed by atoms with van der Waals surface area (Å²) in [5.74, 6) is -0.532. The zero-order chi connectivity index (χ0) is 31.7. The van der Waals surface area contributed by atoms with E-state index in [4.69, 9.17) is 4.74 Å². The Morgan fingerprint density at radius 1 is 0.818 bits per heavy atom. The summed E-state index contributed by atoms with van der Waals surface area (Å²) in [6.07, 6.45) is 13.5. The van der Waals surface area contributed by atoms with Crippen molar-refractivity contribution in [3.05, 3.63) is 150 Å². The van der Waals surface area contributed by atoms with Gasteiger partial charge in [-0.25, -0.2) is 0 Å². The van der Waals surface area contributed by atoms with Crippen LogP contribution in [0.15, 0.2) is 150 Å². The highest BCUT2D eigenvalue weighted by molar-refractivity contribution is 7.95. The van der Waals surface area contributed by atoms with E-state index in [-0.39, 0.29) is 11.2 Å². The molecule has 0 aliphatic heterocycles. The average molecular weight is 604 g/mol. The zero-order valence-corrected chi connectivity index (χ0v) is 27.7. The SMILES string of the molecule is CC(=O)OC1CC(C)(C)C(C=CC(C)=CC=CC(C)=CC[P+](c2ccccc2)(c2ccccc2)c2ccccc2)=C(C)C1=O. The molecule has 0 bridgehead atoms. The Kier molecular flexibility index (Phi) is 10.9. The van der Waals surface area contributed by atoms with Crippen molar-refractivity contribution in [2.75, 3.05) is 6.16 Å². The van der Waals surface area contributed by atoms with Crippen LogP contribution in [0.1, 0.15) is 48.0 Å². The molecule has 0 saturated heterocycles. The molecule has 0 saturated carbocycles. The summed E-state index contributed by atoms with van der Waals surface area (Å²) in [5, 5.41) is 4.12. The number of carbonyl (C=O) groups excluding carboxylic acids is 2. The molecule has 1 atom stereocenters. The Balaban J connectivity index is 1.58. The van der Waals surface area contributed by atoms with Crippen molar-refractivity contribution in [2.24, 2.45) is 5.41 Å². The zero-order valence-electron chi connectivity index (χ0n) is 26.8. The number of hydrogen-bond acceptors (Lipinski definition) is 3. The lowest BCUT2D eigenvalue weighted by Gasteiger charge is -2.36. The lowest BCUT2D eigenvalue weighted by atomic mass is 9.71. The third-order valence-corrected chi connectivity index (χ3v) is 12.6. The van der Waals surface area contributed by atoms with Crippen LogP contribution < -0.4 is 15.9 Å². The minimum absolute atomic E-state index is 0.109. The lowest BCUT2D eigenvalue weighted by molar-refractivity contribution is -0.153. The van der Waals surface area contributed by atoms with Crippen molar-refractivity contribution in [1.29, 1.82) is 0 Å². The van der Waals surface area contributed by atoms with Crippen LogP contribution in [0.25, 0.3) is 0 Å². The van der Waals surface area contributed by atoms with Crippen LogP contribution in [0.5, 0.6) is 0 Å². The van der Waals surface area contributed by atoms with E-state index in [2.05, 4.69) is 149 Å². The maximum Gasteiger partial charge on any atom is 0.303 e. The molecule has 0 radical (unpaired) electrons. The number of benzene rings is 3. The largest absolute Gasteiger partial charge is 0.454 e. The highest BCUT2D eigenvalue weighted by atomic mass is 31.2. The molecule has 0 spiro atoms. The fraction of sp³-hybridized carbons (Fsp3) is 0.250. The molecule has 4 heteroatoms. The molecule has 1 unspecified atom stereocenters. The molecule has 0 aromatic heterocycles. The van der Waals surface area contributed by atoms with Crippen LogP contribution in [0.4, 0.5) is 0 Å². The minimum atomic E-state index is -1.92. The molecule has 0 fully saturated rings. The summed E-state index contributed by atoms with van der Waals surface area (Å²) in [6, 6.07) is 32.8. The summed E-state index contributed by atoms with van der Waals surface area (Å²) in [4.78, 5) is 24.3. The Hall–Kier alpha value is -4.07. The van der Waals surface area contributed by atoms with Gasteiger partial charge >= 0.3 is 5.97 Å². The Bertz CT molecular complexity index is 1510. The van der Waals surface area contributed by atoms with Crippen LogP contribution in [0.2, 0.25) is 0 Å². The number of ether oxygens (including phenoxy) is 1. The molecule has 4 rings (SSSR count). The van der Waals surface area contributed by atoms with Crippen LogP contribution in [-0.2, 0) is 14.3 Å². The van der Waals surface area contributed by atoms with E-state index in [1.54, 1.807) is 0 Å². The van der Waals surface area contributed by atoms with Gasteiger partial charge in [-0.3, -0.25) is 9.59 Å². The highest BCUT2D eigenvalue weighted by Gasteiger charge is 2.44. The molecule has 3 aromatic carbocycles. The molecule has 0 N–H and O–H groups in total. The molecule has 44 heavy (non-hydrogen) atoms. The number of allylic oxidation sites excluding steroid dienone is 9. The molecule has 1 aliphatic rings. The maximum absolute atomic E-state index is 12.9. The second kappa shape index (κ2) is 14.6. The fourth-order valence-electron chi connectivity index (χ4n) is 5.98. The van der Waals surface area contributed by atoms with Crippen molar-refractivity contribution in [2.45, 2.75) is 54.1 Å². The van der Waals surface area contributed by atoms with Crippen LogP contribution in [-0.4, -0.2) is 24.0 Å². The number of ketones is 1. The normalized spacial score (nSPS) is 17.9. The third-order valence-electron chi connectivity index (χ3n) is 8.31. The number of carbonyl (C=O) groups is 2. The summed E-state index contributed by atoms with van der Waals surface area (Å²) < 4.78 is 5.30. The molecular formula is C40H44O3P+. The fourth-order valence-corrected chi connectivity index (χ4v) is 10.1. The number of rotatable bonds is 10. The first kappa shape index (κ1) is 32.8. The first-order valence-electron chi connectivity index (χ1n) is 15.2. The Labute approximate surface area is 264 Å². The van der Waals surface area contributed by atoms with Crippen molar-refractivity contribution in [3.8, 4) is 0 Å². The summed E-state index contributed by atoms with van der Waals surface area (Å²) >= 11 is 0. The van der Waals surface area contributed by atoms with Gasteiger partial charge in [0.15, 0.2) is 11.9 Å². The van der Waals surface area contributed by atoms with Crippen molar-refractivity contribution < 1.29 is 14.3 Å². The molecule has 3 aromatic rings. The number of esters is 1. The predicted octanol–water partition coefficient (Wildman–Crippen LogP) is 8.23. The van der Waals surface area contributed by atoms with E-state index in [1.807, 2.05) is 13.0 Å². The Morgan fingerprint density at radius 3 is 1.80 bits per heavy atom. The van der Waals surface area contributed by atoms with Crippen molar-refractivity contribution in [1.82, 2.24) is 0 Å². The Morgan fingerprint density at radius 2 is 1.32 bits per heavy atom. The summed E-state index contributed by atoms with van der Waals surface area (Å²) in [5.41, 5.74) is 3.66. The molecule has 0 amide bonds. The topological polar surface area (TPSA) is 43.4 Å². The second-order valence-electron chi connectivity index (χ2n) is 12.1. The molecule has 226 valence electrons. The molecule has 1 aliphatic carbocycles. The summed E-state index contributed by atoms with van der Waals surface area (Å²) in [7, 11) is -1.92. The smallest absolute Gasteiger partial charge is 0.303 e. The van der Waals surface area contributed by atoms with Gasteiger partial charge in [0.2, 0.25) is 0 Å². The third kappa shape index (κ3) is 7.71. The standard InChI is InChI=1S/C40H44O3P/c1-30(25-26-37-32(3)39(42)38(43-33(4)41)29-40(37,5)6)17-16-18-31(2)27-28-44(34-19-10-7-11-20-34,35-21-12-8-13-22-35)36-23-14-9-15-24-36/h7-27,38H,28-29H2,1-6H3/q+1. The van der Waals surface area contributed by atoms with Gasteiger partial charge in [0, 0.05) is 13.3 Å². The van der Waals surface area contributed by atoms with Gasteiger partial charge in [-0.2, -0.15) is 0 Å². The quantitative estimate of drug-likeness (QED) is 0.133. The van der Waals surface area contributed by atoms with Gasteiger partial charge in [-0.05, 0) is 79.8 Å². The van der Waals surface area contributed by atoms with Gasteiger partial charge in [0.05, 0.1) is 6.16 Å². The highest BCUT2D eigenvalue weighted by Crippen LogP contribution is 2.55. The lowest BCUT2D eigenvalue weighted by Crippen LogP contribution is -2.38. The van der Waals surface area contributed by atoms with Gasteiger partial charge in [0.25, 0.3) is 0 Å². The second-order valence-corrected chi connectivity index (χ2v) is 15.7. The first-order chi connectivity index (χ1) is 21.0. The van der Waals surface area contributed by atoms with E-state index in [0.29, 0.717) is 12.0 Å². The molecular weight excluding hydrogens is 559 g/mol. The summed E-state index contributed by atoms with van der Waals surface area (Å²) in [6.45, 7) is 11.6. The van der Waals surface area contributed by atoms with Crippen molar-refractivity contribution >= 4 is 34.9 Å². The van der Waals surface area contributed by atoms with Crippen LogP contribution >= 0.6 is 7.26 Å². The van der Waals surface area contributed by atoms with E-state index in [9.17, 15) is 9.59 Å². The minimum Gasteiger partial charge on any atom is -0.454 e. The van der Waals surface area contributed by atoms with Gasteiger partial charge in [0.1, 0.15) is 23.2 Å². The predicted molar refractivity (Wildman–Crippen MR) is 187 cm³/mol. The van der Waals surface area contributed by atoms with Crippen molar-refractivity contribution in [3.63, 3.8) is 0 Å². The van der Waals surface area contributed by atoms with Crippen LogP contribution in [0, 0.1) is 5.41 Å². The van der Waals surface area contributed by atoms with Gasteiger partial charge < -0.3 is 4.74 Å². The number of Topliss-reactive ketones (excluding diaryl/α,β-unsaturated/α-hetero) is 1. The van der Waals surface area contributed by atoms with Gasteiger partial charge in [-0.15, -0.1) is 0 Å². The molecule has 0 heterocycles. The van der Waals surface area contributed by atoms with Gasteiger partial charge in [-0.1, -0.05) is 110 Å². The van der Waals surface area contributed by atoms with E-state index < -0.39 is 19.3 Å². The van der Waals surface area contributed by atoms with E-state index in [0.717, 1.165) is 17.3 Å². The molecule has 3 nitrogen and oxygen atoms in total. The monoisotopic (exact) mass is 603 g/mol. The van der Waals surface area contributed by atoms with E-state index >= 15 is 0 Å². The first-order valence-corrected chi connectivity index (χ1v) is 17.2. The van der Waals surface area contributed by atoms with Crippen LogP contribution in [0.3, 0.4) is 0 Å². The maximum atomic E-state index is 12.9. The van der Waals surface area contributed by atoms with E-state index in [1.165, 1.54) is 28.4 Å².